The summed E-state index contributed by atoms with van der Waals surface area (Å²) in [5.41, 5.74) is 0. The molecule has 0 fully saturated rings. The predicted octanol–water partition coefficient (Wildman–Crippen LogP) is 6.48. The molecule has 0 aliphatic carbocycles. The Bertz CT molecular complexity index is 524. The largest absolute Gasteiger partial charge is 0.275 e. The maximum atomic E-state index is 11.5. The molecule has 0 aromatic carbocycles. The molecule has 0 aliphatic heterocycles. The van der Waals surface area contributed by atoms with Crippen LogP contribution in [0.25, 0.3) is 0 Å². The fourth-order valence-corrected chi connectivity index (χ4v) is 2.11. The normalized spacial score (nSPS) is 12.9. The van der Waals surface area contributed by atoms with Crippen LogP contribution in [0.5, 0.6) is 0 Å². The quantitative estimate of drug-likeness (QED) is 0.243. The molecule has 0 saturated carbocycles. The van der Waals surface area contributed by atoms with Crippen LogP contribution in [0.1, 0.15) is 58.3 Å². The first-order valence-electron chi connectivity index (χ1n) is 9.93. The van der Waals surface area contributed by atoms with Gasteiger partial charge in [0.05, 0.1) is 7.11 Å². The maximum absolute atomic E-state index is 11.5. The molecule has 3 heteroatoms. The number of allylic oxidation sites excluding steroid dienone is 12. The number of hydrogen-bond donors (Lipinski definition) is 0. The van der Waals surface area contributed by atoms with Crippen molar-refractivity contribution in [2.75, 3.05) is 14.2 Å². The zero-order valence-electron chi connectivity index (χ0n) is 17.3. The van der Waals surface area contributed by atoms with Gasteiger partial charge in [-0.05, 0) is 44.9 Å². The van der Waals surface area contributed by atoms with Crippen molar-refractivity contribution < 1.29 is 9.63 Å². The summed E-state index contributed by atoms with van der Waals surface area (Å²) >= 11 is 0. The Hall–Kier alpha value is -2.13. The third-order valence-corrected chi connectivity index (χ3v) is 3.75. The van der Waals surface area contributed by atoms with Gasteiger partial charge in [-0.25, -0.2) is 5.06 Å². The number of rotatable bonds is 15. The van der Waals surface area contributed by atoms with Gasteiger partial charge in [0.15, 0.2) is 0 Å². The van der Waals surface area contributed by atoms with E-state index in [0.717, 1.165) is 44.9 Å². The summed E-state index contributed by atoms with van der Waals surface area (Å²) in [6, 6.07) is 0. The van der Waals surface area contributed by atoms with E-state index in [1.807, 2.05) is 6.08 Å². The first-order valence-corrected chi connectivity index (χ1v) is 9.93. The molecule has 1 amide bonds. The summed E-state index contributed by atoms with van der Waals surface area (Å²) in [5, 5.41) is 1.26. The van der Waals surface area contributed by atoms with Gasteiger partial charge in [-0.15, -0.1) is 0 Å². The molecule has 0 spiro atoms. The smallest absolute Gasteiger partial charge is 0.246 e. The number of hydroxylamine groups is 2. The SMILES string of the molecule is CC/C=C\C/C=C\C/C=C\C/C=C\C/C=C\C/C=C\CCC(=O)N(C)OC. The fourth-order valence-electron chi connectivity index (χ4n) is 2.11. The minimum atomic E-state index is -0.00275. The lowest BCUT2D eigenvalue weighted by Crippen LogP contribution is -2.24. The highest BCUT2D eigenvalue weighted by molar-refractivity contribution is 5.74. The van der Waals surface area contributed by atoms with E-state index in [1.54, 1.807) is 7.05 Å². The molecule has 150 valence electrons. The van der Waals surface area contributed by atoms with Crippen molar-refractivity contribution in [2.24, 2.45) is 0 Å². The molecule has 27 heavy (non-hydrogen) atoms. The van der Waals surface area contributed by atoms with Crippen molar-refractivity contribution in [3.63, 3.8) is 0 Å². The Labute approximate surface area is 166 Å². The second-order valence-corrected chi connectivity index (χ2v) is 6.03. The summed E-state index contributed by atoms with van der Waals surface area (Å²) in [7, 11) is 3.12. The van der Waals surface area contributed by atoms with Crippen LogP contribution in [0.2, 0.25) is 0 Å². The second kappa shape index (κ2) is 20.2. The summed E-state index contributed by atoms with van der Waals surface area (Å²) < 4.78 is 0. The molecule has 0 radical (unpaired) electrons. The van der Waals surface area contributed by atoms with E-state index in [0.29, 0.717) is 6.42 Å². The van der Waals surface area contributed by atoms with Crippen molar-refractivity contribution in [3.8, 4) is 0 Å². The number of carbonyl (C=O) groups excluding carboxylic acids is 1. The molecule has 0 saturated heterocycles. The molecule has 0 aromatic rings. The van der Waals surface area contributed by atoms with E-state index in [-0.39, 0.29) is 5.91 Å². The number of nitrogens with zero attached hydrogens (tertiary/aromatic N) is 1. The summed E-state index contributed by atoms with van der Waals surface area (Å²) in [6.45, 7) is 2.15. The molecular formula is C24H37NO2. The molecule has 0 atom stereocenters. The number of carbonyl (C=O) groups is 1. The van der Waals surface area contributed by atoms with Crippen LogP contribution in [-0.4, -0.2) is 25.1 Å². The molecule has 0 heterocycles. The van der Waals surface area contributed by atoms with Crippen LogP contribution in [0.15, 0.2) is 72.9 Å². The number of hydrogen-bond acceptors (Lipinski definition) is 2. The van der Waals surface area contributed by atoms with Crippen molar-refractivity contribution in [1.29, 1.82) is 0 Å². The van der Waals surface area contributed by atoms with Crippen LogP contribution in [0, 0.1) is 0 Å². The Morgan fingerprint density at radius 1 is 0.704 bits per heavy atom. The summed E-state index contributed by atoms with van der Waals surface area (Å²) in [4.78, 5) is 16.3. The molecule has 0 aliphatic rings. The molecule has 0 bridgehead atoms. The maximum Gasteiger partial charge on any atom is 0.246 e. The minimum absolute atomic E-state index is 0.00275. The summed E-state index contributed by atoms with van der Waals surface area (Å²) in [6.07, 6.45) is 33.3. The first kappa shape index (κ1) is 24.9. The average molecular weight is 372 g/mol. The fraction of sp³-hybridized carbons (Fsp3) is 0.458. The lowest BCUT2D eigenvalue weighted by molar-refractivity contribution is -0.168. The lowest BCUT2D eigenvalue weighted by atomic mass is 10.2. The molecule has 0 rings (SSSR count). The predicted molar refractivity (Wildman–Crippen MR) is 117 cm³/mol. The Morgan fingerprint density at radius 2 is 1.07 bits per heavy atom. The van der Waals surface area contributed by atoms with Crippen molar-refractivity contribution in [1.82, 2.24) is 5.06 Å². The van der Waals surface area contributed by atoms with Gasteiger partial charge >= 0.3 is 0 Å². The zero-order chi connectivity index (χ0) is 20.0. The third-order valence-electron chi connectivity index (χ3n) is 3.75. The molecule has 3 nitrogen and oxygen atoms in total. The molecule has 0 unspecified atom stereocenters. The zero-order valence-corrected chi connectivity index (χ0v) is 17.3. The van der Waals surface area contributed by atoms with Crippen molar-refractivity contribution in [2.45, 2.75) is 58.3 Å². The monoisotopic (exact) mass is 371 g/mol. The highest BCUT2D eigenvalue weighted by atomic mass is 16.7. The van der Waals surface area contributed by atoms with Gasteiger partial charge in [-0.2, -0.15) is 0 Å². The van der Waals surface area contributed by atoms with Crippen LogP contribution >= 0.6 is 0 Å². The van der Waals surface area contributed by atoms with Gasteiger partial charge in [0.2, 0.25) is 5.91 Å². The number of amides is 1. The molecular weight excluding hydrogens is 334 g/mol. The second-order valence-electron chi connectivity index (χ2n) is 6.03. The van der Waals surface area contributed by atoms with E-state index in [2.05, 4.69) is 73.8 Å². The first-order chi connectivity index (χ1) is 13.2. The van der Waals surface area contributed by atoms with E-state index in [9.17, 15) is 4.79 Å². The lowest BCUT2D eigenvalue weighted by Gasteiger charge is -2.12. The van der Waals surface area contributed by atoms with E-state index in [1.165, 1.54) is 12.2 Å². The van der Waals surface area contributed by atoms with Gasteiger partial charge in [-0.3, -0.25) is 9.63 Å². The standard InChI is InChI=1S/C24H37NO2/c1-4-5-6-7-8-9-10-11-12-13-14-15-16-17-18-19-20-21-22-23-24(26)25(2)27-3/h5-6,8-9,11-12,14-15,17-18,20-21H,4,7,10,13,16,19,22-23H2,1-3H3/b6-5-,9-8-,12-11-,15-14-,18-17-,21-20-. The Balaban J connectivity index is 3.60. The van der Waals surface area contributed by atoms with Gasteiger partial charge in [0.25, 0.3) is 0 Å². The van der Waals surface area contributed by atoms with Crippen LogP contribution in [0.4, 0.5) is 0 Å². The molecule has 0 N–H and O–H groups in total. The van der Waals surface area contributed by atoms with E-state index < -0.39 is 0 Å². The highest BCUT2D eigenvalue weighted by Gasteiger charge is 2.04. The van der Waals surface area contributed by atoms with Gasteiger partial charge in [0.1, 0.15) is 0 Å². The molecule has 0 aromatic heterocycles. The van der Waals surface area contributed by atoms with Crippen molar-refractivity contribution in [3.05, 3.63) is 72.9 Å². The average Bonchev–Trinajstić information content (AvgIpc) is 2.68. The van der Waals surface area contributed by atoms with Gasteiger partial charge in [-0.1, -0.05) is 79.8 Å². The summed E-state index contributed by atoms with van der Waals surface area (Å²) in [5.74, 6) is -0.00275. The van der Waals surface area contributed by atoms with E-state index in [4.69, 9.17) is 4.84 Å². The van der Waals surface area contributed by atoms with Crippen LogP contribution < -0.4 is 0 Å². The van der Waals surface area contributed by atoms with Crippen LogP contribution in [-0.2, 0) is 9.63 Å². The minimum Gasteiger partial charge on any atom is -0.275 e. The van der Waals surface area contributed by atoms with Gasteiger partial charge in [0, 0.05) is 13.5 Å². The topological polar surface area (TPSA) is 29.5 Å². The van der Waals surface area contributed by atoms with Gasteiger partial charge < -0.3 is 0 Å². The third kappa shape index (κ3) is 18.5. The van der Waals surface area contributed by atoms with Crippen LogP contribution in [0.3, 0.4) is 0 Å². The van der Waals surface area contributed by atoms with E-state index >= 15 is 0 Å². The van der Waals surface area contributed by atoms with Crippen molar-refractivity contribution >= 4 is 5.91 Å². The Kier molecular flexibility index (Phi) is 18.6. The highest BCUT2D eigenvalue weighted by Crippen LogP contribution is 1.99. The Morgan fingerprint density at radius 3 is 1.44 bits per heavy atom.